The zero-order valence-electron chi connectivity index (χ0n) is 9.37. The maximum atomic E-state index is 11.8. The number of halogens is 1. The summed E-state index contributed by atoms with van der Waals surface area (Å²) in [6.45, 7) is 0.703. The molecule has 2 rings (SSSR count). The molecular weight excluding hydrogens is 240 g/mol. The first-order valence-electron chi connectivity index (χ1n) is 5.61. The number of pyridine rings is 1. The summed E-state index contributed by atoms with van der Waals surface area (Å²) in [6, 6.07) is 3.09. The van der Waals surface area contributed by atoms with E-state index in [1.54, 1.807) is 6.07 Å². The summed E-state index contributed by atoms with van der Waals surface area (Å²) in [4.78, 5) is 15.7. The summed E-state index contributed by atoms with van der Waals surface area (Å²) in [5.41, 5.74) is 2.84. The van der Waals surface area contributed by atoms with Gasteiger partial charge in [0.05, 0.1) is 0 Å². The van der Waals surface area contributed by atoms with Crippen molar-refractivity contribution in [2.75, 3.05) is 12.0 Å². The van der Waals surface area contributed by atoms with Crippen LogP contribution >= 0.6 is 11.6 Å². The van der Waals surface area contributed by atoms with Crippen molar-refractivity contribution in [3.05, 3.63) is 22.8 Å². The van der Waals surface area contributed by atoms with E-state index in [0.717, 1.165) is 12.3 Å². The molecule has 1 aromatic rings. The minimum absolute atomic E-state index is 0.147. The Hall–Kier alpha value is -1.33. The highest BCUT2D eigenvalue weighted by Gasteiger charge is 2.20. The monoisotopic (exact) mass is 254 g/mol. The minimum atomic E-state index is -0.147. The van der Waals surface area contributed by atoms with Gasteiger partial charge in [-0.1, -0.05) is 24.4 Å². The van der Waals surface area contributed by atoms with Crippen LogP contribution in [0.25, 0.3) is 0 Å². The van der Waals surface area contributed by atoms with Crippen molar-refractivity contribution >= 4 is 23.3 Å². The highest BCUT2D eigenvalue weighted by Crippen LogP contribution is 2.31. The van der Waals surface area contributed by atoms with Gasteiger partial charge in [-0.2, -0.15) is 0 Å². The third kappa shape index (κ3) is 3.57. The van der Waals surface area contributed by atoms with Crippen LogP contribution in [0, 0.1) is 5.92 Å². The molecule has 0 spiro atoms. The predicted molar refractivity (Wildman–Crippen MR) is 66.7 cm³/mol. The number of carbonyl (C=O) groups is 1. The SMILES string of the molecule is NNc1cc(C(=O)NCCC2CC2)cc(Cl)n1. The lowest BCUT2D eigenvalue weighted by molar-refractivity contribution is 0.0952. The van der Waals surface area contributed by atoms with Crippen molar-refractivity contribution in [3.63, 3.8) is 0 Å². The van der Waals surface area contributed by atoms with Crippen LogP contribution in [0.4, 0.5) is 5.82 Å². The summed E-state index contributed by atoms with van der Waals surface area (Å²) in [7, 11) is 0. The second kappa shape index (κ2) is 5.33. The fourth-order valence-corrected chi connectivity index (χ4v) is 1.81. The van der Waals surface area contributed by atoms with Crippen molar-refractivity contribution < 1.29 is 4.79 Å². The molecule has 1 amide bonds. The highest BCUT2D eigenvalue weighted by atomic mass is 35.5. The Kier molecular flexibility index (Phi) is 3.81. The van der Waals surface area contributed by atoms with E-state index in [4.69, 9.17) is 17.4 Å². The van der Waals surface area contributed by atoms with Crippen LogP contribution in [-0.4, -0.2) is 17.4 Å². The quantitative estimate of drug-likeness (QED) is 0.423. The fraction of sp³-hybridized carbons (Fsp3) is 0.455. The number of nitrogens with two attached hydrogens (primary N) is 1. The molecule has 0 atom stereocenters. The number of rotatable bonds is 5. The molecule has 5 nitrogen and oxygen atoms in total. The summed E-state index contributed by atoms with van der Waals surface area (Å²) >= 11 is 5.78. The highest BCUT2D eigenvalue weighted by molar-refractivity contribution is 6.29. The molecule has 1 aliphatic rings. The van der Waals surface area contributed by atoms with E-state index < -0.39 is 0 Å². The van der Waals surface area contributed by atoms with Gasteiger partial charge in [0.2, 0.25) is 0 Å². The first kappa shape index (κ1) is 12.1. The fourth-order valence-electron chi connectivity index (χ4n) is 1.60. The Morgan fingerprint density at radius 2 is 2.29 bits per heavy atom. The molecule has 0 radical (unpaired) electrons. The first-order chi connectivity index (χ1) is 8.19. The molecule has 1 fully saturated rings. The van der Waals surface area contributed by atoms with E-state index in [-0.39, 0.29) is 11.1 Å². The predicted octanol–water partition coefficient (Wildman–Crippen LogP) is 1.55. The van der Waals surface area contributed by atoms with Gasteiger partial charge in [0.25, 0.3) is 5.91 Å². The molecule has 92 valence electrons. The Balaban J connectivity index is 1.94. The maximum absolute atomic E-state index is 11.8. The van der Waals surface area contributed by atoms with Crippen molar-refractivity contribution in [3.8, 4) is 0 Å². The van der Waals surface area contributed by atoms with Crippen molar-refractivity contribution in [2.24, 2.45) is 11.8 Å². The zero-order chi connectivity index (χ0) is 12.3. The van der Waals surface area contributed by atoms with Gasteiger partial charge in [0.15, 0.2) is 0 Å². The molecule has 0 unspecified atom stereocenters. The van der Waals surface area contributed by atoms with E-state index in [9.17, 15) is 4.79 Å². The average Bonchev–Trinajstić information content (AvgIpc) is 3.12. The molecule has 6 heteroatoms. The molecule has 1 saturated carbocycles. The number of nitrogen functional groups attached to an aromatic ring is 1. The van der Waals surface area contributed by atoms with Gasteiger partial charge in [-0.15, -0.1) is 0 Å². The van der Waals surface area contributed by atoms with E-state index in [2.05, 4.69) is 15.7 Å². The molecular formula is C11H15ClN4O. The molecule has 0 aromatic carbocycles. The molecule has 1 aromatic heterocycles. The summed E-state index contributed by atoms with van der Waals surface area (Å²) in [5.74, 6) is 6.27. The molecule has 0 aliphatic heterocycles. The standard InChI is InChI=1S/C11H15ClN4O/c12-9-5-8(6-10(15-9)16-13)11(17)14-4-3-7-1-2-7/h5-7H,1-4,13H2,(H,14,17)(H,15,16). The Bertz CT molecular complexity index is 420. The van der Waals surface area contributed by atoms with E-state index in [1.807, 2.05) is 0 Å². The summed E-state index contributed by atoms with van der Waals surface area (Å²) < 4.78 is 0. The molecule has 1 aliphatic carbocycles. The molecule has 0 saturated heterocycles. The lowest BCUT2D eigenvalue weighted by Crippen LogP contribution is -2.25. The van der Waals surface area contributed by atoms with E-state index in [1.165, 1.54) is 18.9 Å². The number of aromatic nitrogens is 1. The van der Waals surface area contributed by atoms with Crippen LogP contribution in [0.15, 0.2) is 12.1 Å². The van der Waals surface area contributed by atoms with Crippen molar-refractivity contribution in [1.82, 2.24) is 10.3 Å². The summed E-state index contributed by atoms with van der Waals surface area (Å²) in [6.07, 6.45) is 3.63. The number of hydrogen-bond donors (Lipinski definition) is 3. The Morgan fingerprint density at radius 3 is 2.94 bits per heavy atom. The number of nitrogens with one attached hydrogen (secondary N) is 2. The van der Waals surface area contributed by atoms with Crippen molar-refractivity contribution in [1.29, 1.82) is 0 Å². The zero-order valence-corrected chi connectivity index (χ0v) is 10.1. The number of amides is 1. The average molecular weight is 255 g/mol. The lowest BCUT2D eigenvalue weighted by atomic mass is 10.2. The van der Waals surface area contributed by atoms with Gasteiger partial charge in [0, 0.05) is 12.1 Å². The van der Waals surface area contributed by atoms with Gasteiger partial charge < -0.3 is 10.7 Å². The lowest BCUT2D eigenvalue weighted by Gasteiger charge is -2.06. The van der Waals surface area contributed by atoms with Crippen LogP contribution in [0.3, 0.4) is 0 Å². The van der Waals surface area contributed by atoms with Crippen molar-refractivity contribution in [2.45, 2.75) is 19.3 Å². The smallest absolute Gasteiger partial charge is 0.251 e. The third-order valence-corrected chi connectivity index (χ3v) is 2.93. The molecule has 17 heavy (non-hydrogen) atoms. The molecule has 1 heterocycles. The van der Waals surface area contributed by atoms with Crippen LogP contribution in [-0.2, 0) is 0 Å². The number of carbonyl (C=O) groups excluding carboxylic acids is 1. The second-order valence-corrected chi connectivity index (χ2v) is 4.58. The largest absolute Gasteiger partial charge is 0.352 e. The van der Waals surface area contributed by atoms with Gasteiger partial charge in [0.1, 0.15) is 11.0 Å². The van der Waals surface area contributed by atoms with Gasteiger partial charge >= 0.3 is 0 Å². The summed E-state index contributed by atoms with van der Waals surface area (Å²) in [5, 5.41) is 3.10. The van der Waals surface area contributed by atoms with Crippen LogP contribution in [0.2, 0.25) is 5.15 Å². The maximum Gasteiger partial charge on any atom is 0.251 e. The normalized spacial score (nSPS) is 14.5. The van der Waals surface area contributed by atoms with Crippen LogP contribution in [0.5, 0.6) is 0 Å². The topological polar surface area (TPSA) is 80.0 Å². The number of nitrogens with zero attached hydrogens (tertiary/aromatic N) is 1. The van der Waals surface area contributed by atoms with E-state index in [0.29, 0.717) is 17.9 Å². The molecule has 4 N–H and O–H groups in total. The number of hydrogen-bond acceptors (Lipinski definition) is 4. The van der Waals surface area contributed by atoms with E-state index >= 15 is 0 Å². The third-order valence-electron chi connectivity index (χ3n) is 2.74. The Morgan fingerprint density at radius 1 is 1.53 bits per heavy atom. The first-order valence-corrected chi connectivity index (χ1v) is 5.99. The second-order valence-electron chi connectivity index (χ2n) is 4.20. The molecule has 0 bridgehead atoms. The van der Waals surface area contributed by atoms with Crippen LogP contribution < -0.4 is 16.6 Å². The minimum Gasteiger partial charge on any atom is -0.352 e. The van der Waals surface area contributed by atoms with Crippen LogP contribution in [0.1, 0.15) is 29.6 Å². The Labute approximate surface area is 105 Å². The van der Waals surface area contributed by atoms with Gasteiger partial charge in [-0.05, 0) is 24.5 Å². The number of hydrazine groups is 1. The van der Waals surface area contributed by atoms with Gasteiger partial charge in [-0.25, -0.2) is 10.8 Å². The number of anilines is 1. The van der Waals surface area contributed by atoms with Gasteiger partial charge in [-0.3, -0.25) is 4.79 Å².